The highest BCUT2D eigenvalue weighted by molar-refractivity contribution is 6.02. The summed E-state index contributed by atoms with van der Waals surface area (Å²) in [6.07, 6.45) is -7.11. The van der Waals surface area contributed by atoms with Gasteiger partial charge >= 0.3 is 23.9 Å². The lowest BCUT2D eigenvalue weighted by atomic mass is 9.95. The summed E-state index contributed by atoms with van der Waals surface area (Å²) in [4.78, 5) is 11.1. The van der Waals surface area contributed by atoms with Crippen molar-refractivity contribution < 1.29 is 53.1 Å². The van der Waals surface area contributed by atoms with Gasteiger partial charge in [0.15, 0.2) is 0 Å². The van der Waals surface area contributed by atoms with E-state index in [4.69, 9.17) is 0 Å². The van der Waals surface area contributed by atoms with Crippen LogP contribution in [0.4, 0.5) is 48.3 Å². The van der Waals surface area contributed by atoms with Gasteiger partial charge in [-0.25, -0.2) is 8.78 Å². The number of halogens is 11. The van der Waals surface area contributed by atoms with Crippen molar-refractivity contribution in [3.63, 3.8) is 0 Å². The minimum absolute atomic E-state index is 0.0945. The van der Waals surface area contributed by atoms with Crippen molar-refractivity contribution in [3.05, 3.63) is 35.4 Å². The first kappa shape index (κ1) is 19.2. The molecule has 1 nitrogen and oxygen atoms in total. The third kappa shape index (κ3) is 2.85. The summed E-state index contributed by atoms with van der Waals surface area (Å²) in [5, 5.41) is 0. The van der Waals surface area contributed by atoms with Gasteiger partial charge in [0.1, 0.15) is 11.6 Å². The zero-order valence-corrected chi connectivity index (χ0v) is 10.3. The number of Topliss-reactive ketones (excluding diaryl/α,β-unsaturated/α-hetero) is 1. The Morgan fingerprint density at radius 3 is 1.65 bits per heavy atom. The molecule has 0 saturated heterocycles. The minimum atomic E-state index is -7.28. The van der Waals surface area contributed by atoms with E-state index in [1.807, 2.05) is 0 Å². The van der Waals surface area contributed by atoms with Crippen LogP contribution >= 0.6 is 0 Å². The number of ketones is 1. The molecule has 0 bridgehead atoms. The Balaban J connectivity index is 3.42. The Hall–Kier alpha value is -1.88. The van der Waals surface area contributed by atoms with Gasteiger partial charge in [-0.1, -0.05) is 0 Å². The maximum atomic E-state index is 13.2. The Kier molecular flexibility index (Phi) is 4.45. The van der Waals surface area contributed by atoms with Crippen molar-refractivity contribution in [2.75, 3.05) is 0 Å². The molecule has 0 fully saturated rings. The maximum absolute atomic E-state index is 13.2. The lowest BCUT2D eigenvalue weighted by molar-refractivity contribution is -0.386. The fraction of sp³-hybridized carbons (Fsp3) is 0.364. The van der Waals surface area contributed by atoms with Crippen LogP contribution in [0.1, 0.15) is 10.4 Å². The molecule has 12 heteroatoms. The quantitative estimate of drug-likeness (QED) is 0.566. The summed E-state index contributed by atoms with van der Waals surface area (Å²) >= 11 is 0. The van der Waals surface area contributed by atoms with Crippen LogP contribution in [0.25, 0.3) is 0 Å². The van der Waals surface area contributed by atoms with E-state index < -0.39 is 46.9 Å². The van der Waals surface area contributed by atoms with E-state index in [9.17, 15) is 53.1 Å². The van der Waals surface area contributed by atoms with Gasteiger partial charge in [-0.15, -0.1) is 0 Å². The van der Waals surface area contributed by atoms with Gasteiger partial charge in [-0.3, -0.25) is 4.79 Å². The van der Waals surface area contributed by atoms with E-state index in [0.717, 1.165) is 0 Å². The van der Waals surface area contributed by atoms with Crippen molar-refractivity contribution in [1.29, 1.82) is 0 Å². The molecule has 0 saturated carbocycles. The van der Waals surface area contributed by atoms with Crippen LogP contribution in [-0.4, -0.2) is 29.7 Å². The largest absolute Gasteiger partial charge is 0.460 e. The molecular weight excluding hydrogens is 357 g/mol. The second kappa shape index (κ2) is 5.34. The number of carbonyl (C=O) groups excluding carboxylic acids is 1. The smallest absolute Gasteiger partial charge is 0.287 e. The Morgan fingerprint density at radius 2 is 1.26 bits per heavy atom. The maximum Gasteiger partial charge on any atom is 0.460 e. The molecule has 0 N–H and O–H groups in total. The lowest BCUT2D eigenvalue weighted by Gasteiger charge is -2.32. The first-order valence-corrected chi connectivity index (χ1v) is 5.27. The summed E-state index contributed by atoms with van der Waals surface area (Å²) in [5.41, 5.74) is -1.98. The second-order valence-electron chi connectivity index (χ2n) is 4.17. The standard InChI is InChI=1S/C11H3F11O/c12-4-1-2-5(6(13)3-4)7(23)8(14,15)9(16,17)10(18,19)11(20,21)22/h1-3H. The number of rotatable bonds is 4. The highest BCUT2D eigenvalue weighted by Gasteiger charge is 2.83. The van der Waals surface area contributed by atoms with Gasteiger partial charge < -0.3 is 0 Å². The molecule has 0 atom stereocenters. The molecule has 0 spiro atoms. The Bertz CT molecular complexity index is 617. The van der Waals surface area contributed by atoms with Crippen molar-refractivity contribution in [2.24, 2.45) is 0 Å². The molecule has 1 aromatic rings. The Labute approximate surface area is 119 Å². The summed E-state index contributed by atoms with van der Waals surface area (Å²) in [6.45, 7) is 0. The summed E-state index contributed by atoms with van der Waals surface area (Å²) in [5.74, 6) is -28.0. The van der Waals surface area contributed by atoms with E-state index in [1.54, 1.807) is 0 Å². The number of hydrogen-bond donors (Lipinski definition) is 0. The van der Waals surface area contributed by atoms with E-state index >= 15 is 0 Å². The van der Waals surface area contributed by atoms with Crippen molar-refractivity contribution >= 4 is 5.78 Å². The summed E-state index contributed by atoms with van der Waals surface area (Å²) < 4.78 is 139. The predicted molar refractivity (Wildman–Crippen MR) is 51.6 cm³/mol. The monoisotopic (exact) mass is 360 g/mol. The van der Waals surface area contributed by atoms with E-state index in [2.05, 4.69) is 0 Å². The van der Waals surface area contributed by atoms with E-state index in [-0.39, 0.29) is 18.2 Å². The normalized spacial score (nSPS) is 14.0. The van der Waals surface area contributed by atoms with E-state index in [0.29, 0.717) is 0 Å². The molecule has 0 aliphatic rings. The molecule has 0 aliphatic heterocycles. The fourth-order valence-corrected chi connectivity index (χ4v) is 1.36. The minimum Gasteiger partial charge on any atom is -0.287 e. The van der Waals surface area contributed by atoms with Gasteiger partial charge in [0, 0.05) is 6.07 Å². The zero-order valence-electron chi connectivity index (χ0n) is 10.3. The number of benzene rings is 1. The van der Waals surface area contributed by atoms with Crippen LogP contribution in [0, 0.1) is 11.6 Å². The predicted octanol–water partition coefficient (Wildman–Crippen LogP) is 4.62. The highest BCUT2D eigenvalue weighted by Crippen LogP contribution is 2.53. The van der Waals surface area contributed by atoms with Crippen LogP contribution in [0.15, 0.2) is 18.2 Å². The van der Waals surface area contributed by atoms with Crippen LogP contribution in [0.3, 0.4) is 0 Å². The van der Waals surface area contributed by atoms with E-state index in [1.165, 1.54) is 0 Å². The highest BCUT2D eigenvalue weighted by atomic mass is 19.4. The molecule has 23 heavy (non-hydrogen) atoms. The number of carbonyl (C=O) groups is 1. The molecule has 0 heterocycles. The summed E-state index contributed by atoms with van der Waals surface area (Å²) in [6, 6.07) is -0.168. The van der Waals surface area contributed by atoms with Crippen molar-refractivity contribution in [2.45, 2.75) is 23.9 Å². The second-order valence-corrected chi connectivity index (χ2v) is 4.17. The average molecular weight is 360 g/mol. The summed E-state index contributed by atoms with van der Waals surface area (Å²) in [7, 11) is 0. The molecule has 1 rings (SSSR count). The molecule has 0 aliphatic carbocycles. The van der Waals surface area contributed by atoms with Gasteiger partial charge in [0.25, 0.3) is 0 Å². The van der Waals surface area contributed by atoms with Crippen molar-refractivity contribution in [1.82, 2.24) is 0 Å². The van der Waals surface area contributed by atoms with Gasteiger partial charge in [-0.05, 0) is 12.1 Å². The Morgan fingerprint density at radius 1 is 0.783 bits per heavy atom. The molecular formula is C11H3F11O. The first-order chi connectivity index (χ1) is 10.1. The zero-order chi connectivity index (χ0) is 18.4. The van der Waals surface area contributed by atoms with Gasteiger partial charge in [0.05, 0.1) is 5.56 Å². The molecule has 0 unspecified atom stereocenters. The molecule has 0 radical (unpaired) electrons. The van der Waals surface area contributed by atoms with Crippen LogP contribution < -0.4 is 0 Å². The van der Waals surface area contributed by atoms with Gasteiger partial charge in [0.2, 0.25) is 5.78 Å². The molecule has 1 aromatic carbocycles. The first-order valence-electron chi connectivity index (χ1n) is 5.27. The van der Waals surface area contributed by atoms with Crippen molar-refractivity contribution in [3.8, 4) is 0 Å². The lowest BCUT2D eigenvalue weighted by Crippen LogP contribution is -2.63. The molecule has 130 valence electrons. The molecule has 0 aromatic heterocycles. The molecule has 0 amide bonds. The van der Waals surface area contributed by atoms with Crippen LogP contribution in [0.2, 0.25) is 0 Å². The SMILES string of the molecule is O=C(c1ccc(F)cc1F)C(F)(F)C(F)(F)C(F)(F)C(F)(F)F. The third-order valence-corrected chi connectivity index (χ3v) is 2.61. The van der Waals surface area contributed by atoms with Crippen LogP contribution in [0.5, 0.6) is 0 Å². The van der Waals surface area contributed by atoms with Crippen LogP contribution in [-0.2, 0) is 0 Å². The third-order valence-electron chi connectivity index (χ3n) is 2.61. The average Bonchev–Trinajstić information content (AvgIpc) is 2.36. The number of hydrogen-bond acceptors (Lipinski definition) is 1. The fourth-order valence-electron chi connectivity index (χ4n) is 1.36. The topological polar surface area (TPSA) is 17.1 Å². The number of alkyl halides is 9. The van der Waals surface area contributed by atoms with Gasteiger partial charge in [-0.2, -0.15) is 39.5 Å².